The third-order valence-electron chi connectivity index (χ3n) is 6.27. The zero-order chi connectivity index (χ0) is 22.7. The highest BCUT2D eigenvalue weighted by Gasteiger charge is 2.49. The SMILES string of the molecule is CC1(C)O[C@H]([C@H](O[Si](C)(C)C(C)(C)C)c2ccccc2)[C@@H](COCc2ccccc2)O1. The Labute approximate surface area is 189 Å². The fraction of sp³-hybridized carbons (Fsp3) is 0.538. The highest BCUT2D eigenvalue weighted by molar-refractivity contribution is 6.74. The van der Waals surface area contributed by atoms with Crippen LogP contribution in [0, 0.1) is 0 Å². The number of rotatable bonds is 8. The van der Waals surface area contributed by atoms with Crippen molar-refractivity contribution in [1.29, 1.82) is 0 Å². The van der Waals surface area contributed by atoms with E-state index in [1.165, 1.54) is 0 Å². The van der Waals surface area contributed by atoms with E-state index < -0.39 is 14.1 Å². The first-order chi connectivity index (χ1) is 14.5. The van der Waals surface area contributed by atoms with Crippen LogP contribution in [0.2, 0.25) is 18.1 Å². The first-order valence-electron chi connectivity index (χ1n) is 11.2. The minimum atomic E-state index is -2.05. The van der Waals surface area contributed by atoms with Crippen molar-refractivity contribution < 1.29 is 18.6 Å². The van der Waals surface area contributed by atoms with Gasteiger partial charge in [0.15, 0.2) is 14.1 Å². The maximum Gasteiger partial charge on any atom is 0.193 e. The van der Waals surface area contributed by atoms with Crippen molar-refractivity contribution in [3.05, 3.63) is 71.8 Å². The van der Waals surface area contributed by atoms with Crippen LogP contribution in [0.5, 0.6) is 0 Å². The maximum atomic E-state index is 6.94. The first-order valence-corrected chi connectivity index (χ1v) is 14.1. The van der Waals surface area contributed by atoms with Gasteiger partial charge in [-0.05, 0) is 43.1 Å². The molecule has 5 heteroatoms. The molecule has 0 unspecified atom stereocenters. The van der Waals surface area contributed by atoms with E-state index in [1.54, 1.807) is 0 Å². The van der Waals surface area contributed by atoms with Crippen molar-refractivity contribution in [2.45, 2.75) is 83.5 Å². The normalized spacial score (nSPS) is 22.4. The van der Waals surface area contributed by atoms with Gasteiger partial charge in [-0.15, -0.1) is 0 Å². The molecule has 1 heterocycles. The summed E-state index contributed by atoms with van der Waals surface area (Å²) >= 11 is 0. The Morgan fingerprint density at radius 2 is 1.52 bits per heavy atom. The molecule has 3 rings (SSSR count). The summed E-state index contributed by atoms with van der Waals surface area (Å²) in [4.78, 5) is 0. The van der Waals surface area contributed by atoms with Gasteiger partial charge in [-0.2, -0.15) is 0 Å². The summed E-state index contributed by atoms with van der Waals surface area (Å²) in [5.41, 5.74) is 2.26. The summed E-state index contributed by atoms with van der Waals surface area (Å²) in [5, 5.41) is 0.0916. The second-order valence-corrected chi connectivity index (χ2v) is 15.1. The molecule has 31 heavy (non-hydrogen) atoms. The molecule has 2 aromatic carbocycles. The van der Waals surface area contributed by atoms with Crippen LogP contribution >= 0.6 is 0 Å². The molecule has 3 atom stereocenters. The summed E-state index contributed by atoms with van der Waals surface area (Å²) < 4.78 is 25.7. The molecule has 1 aliphatic heterocycles. The van der Waals surface area contributed by atoms with Crippen LogP contribution in [0.15, 0.2) is 60.7 Å². The molecular weight excluding hydrogens is 404 g/mol. The molecule has 0 radical (unpaired) electrons. The standard InChI is InChI=1S/C26H38O4Si/c1-25(2,3)31(6,7)30-23(21-16-12-9-13-17-21)24-22(28-26(4,5)29-24)19-27-18-20-14-10-8-11-15-20/h8-17,22-24H,18-19H2,1-7H3/t22-,23-,24+/m1/s1. The fourth-order valence-electron chi connectivity index (χ4n) is 3.58. The van der Waals surface area contributed by atoms with Gasteiger partial charge in [0.05, 0.1) is 19.3 Å². The van der Waals surface area contributed by atoms with Gasteiger partial charge in [-0.25, -0.2) is 0 Å². The second kappa shape index (κ2) is 9.55. The van der Waals surface area contributed by atoms with Crippen LogP contribution in [-0.4, -0.2) is 32.9 Å². The predicted octanol–water partition coefficient (Wildman–Crippen LogP) is 6.49. The molecule has 0 amide bonds. The van der Waals surface area contributed by atoms with E-state index in [2.05, 4.69) is 70.3 Å². The number of ether oxygens (including phenoxy) is 3. The van der Waals surface area contributed by atoms with Crippen molar-refractivity contribution in [2.24, 2.45) is 0 Å². The summed E-state index contributed by atoms with van der Waals surface area (Å²) in [5.74, 6) is -0.685. The van der Waals surface area contributed by atoms with Gasteiger partial charge in [0, 0.05) is 0 Å². The van der Waals surface area contributed by atoms with Crippen molar-refractivity contribution in [1.82, 2.24) is 0 Å². The molecule has 1 fully saturated rings. The molecule has 0 bridgehead atoms. The monoisotopic (exact) mass is 442 g/mol. The minimum Gasteiger partial charge on any atom is -0.407 e. The molecule has 0 aromatic heterocycles. The van der Waals surface area contributed by atoms with Gasteiger partial charge in [-0.3, -0.25) is 0 Å². The van der Waals surface area contributed by atoms with Crippen molar-refractivity contribution >= 4 is 8.32 Å². The smallest absolute Gasteiger partial charge is 0.193 e. The average Bonchev–Trinajstić information content (AvgIpc) is 3.01. The summed E-state index contributed by atoms with van der Waals surface area (Å²) in [6, 6.07) is 20.6. The Kier molecular flexibility index (Phi) is 7.44. The van der Waals surface area contributed by atoms with Crippen LogP contribution in [0.1, 0.15) is 51.8 Å². The molecule has 1 aliphatic rings. The molecule has 2 aromatic rings. The maximum absolute atomic E-state index is 6.94. The minimum absolute atomic E-state index is 0.0916. The van der Waals surface area contributed by atoms with E-state index in [4.69, 9.17) is 18.6 Å². The van der Waals surface area contributed by atoms with E-state index in [0.717, 1.165) is 11.1 Å². The quantitative estimate of drug-likeness (QED) is 0.438. The van der Waals surface area contributed by atoms with E-state index in [1.807, 2.05) is 38.1 Å². The molecule has 170 valence electrons. The Balaban J connectivity index is 1.82. The first kappa shape index (κ1) is 24.1. The molecule has 1 saturated heterocycles. The highest BCUT2D eigenvalue weighted by atomic mass is 28.4. The summed E-state index contributed by atoms with van der Waals surface area (Å²) in [6.45, 7) is 16.3. The molecule has 4 nitrogen and oxygen atoms in total. The Morgan fingerprint density at radius 1 is 0.935 bits per heavy atom. The van der Waals surface area contributed by atoms with Crippen LogP contribution in [0.25, 0.3) is 0 Å². The lowest BCUT2D eigenvalue weighted by Gasteiger charge is -2.41. The molecule has 0 saturated carbocycles. The highest BCUT2D eigenvalue weighted by Crippen LogP contribution is 2.44. The summed E-state index contributed by atoms with van der Waals surface area (Å²) in [7, 11) is -2.05. The number of hydrogen-bond acceptors (Lipinski definition) is 4. The zero-order valence-electron chi connectivity index (χ0n) is 20.1. The fourth-order valence-corrected chi connectivity index (χ4v) is 4.84. The molecule has 0 spiro atoms. The Hall–Kier alpha value is -1.50. The second-order valence-electron chi connectivity index (χ2n) is 10.3. The van der Waals surface area contributed by atoms with Crippen LogP contribution in [0.3, 0.4) is 0 Å². The third-order valence-corrected chi connectivity index (χ3v) is 10.7. The van der Waals surface area contributed by atoms with Crippen molar-refractivity contribution in [3.8, 4) is 0 Å². The average molecular weight is 443 g/mol. The number of benzene rings is 2. The lowest BCUT2D eigenvalue weighted by atomic mass is 10.0. The van der Waals surface area contributed by atoms with E-state index >= 15 is 0 Å². The summed E-state index contributed by atoms with van der Waals surface area (Å²) in [6.07, 6.45) is -0.676. The third kappa shape index (κ3) is 6.27. The van der Waals surface area contributed by atoms with E-state index in [0.29, 0.717) is 13.2 Å². The topological polar surface area (TPSA) is 36.9 Å². The van der Waals surface area contributed by atoms with Gasteiger partial charge in [0.25, 0.3) is 0 Å². The zero-order valence-corrected chi connectivity index (χ0v) is 21.1. The van der Waals surface area contributed by atoms with Gasteiger partial charge in [0.1, 0.15) is 12.2 Å². The van der Waals surface area contributed by atoms with Crippen molar-refractivity contribution in [2.75, 3.05) is 6.61 Å². The predicted molar refractivity (Wildman–Crippen MR) is 127 cm³/mol. The van der Waals surface area contributed by atoms with Crippen LogP contribution in [0.4, 0.5) is 0 Å². The van der Waals surface area contributed by atoms with Gasteiger partial charge >= 0.3 is 0 Å². The van der Waals surface area contributed by atoms with Gasteiger partial charge in [-0.1, -0.05) is 81.4 Å². The van der Waals surface area contributed by atoms with E-state index in [-0.39, 0.29) is 23.4 Å². The molecular formula is C26H38O4Si. The lowest BCUT2D eigenvalue weighted by molar-refractivity contribution is -0.157. The van der Waals surface area contributed by atoms with Crippen LogP contribution < -0.4 is 0 Å². The lowest BCUT2D eigenvalue weighted by Crippen LogP contribution is -2.46. The van der Waals surface area contributed by atoms with Crippen LogP contribution in [-0.2, 0) is 25.2 Å². The number of hydrogen-bond donors (Lipinski definition) is 0. The molecule has 0 N–H and O–H groups in total. The van der Waals surface area contributed by atoms with Gasteiger partial charge in [0.2, 0.25) is 0 Å². The Morgan fingerprint density at radius 3 is 2.10 bits per heavy atom. The largest absolute Gasteiger partial charge is 0.407 e. The molecule has 0 aliphatic carbocycles. The van der Waals surface area contributed by atoms with Crippen molar-refractivity contribution in [3.63, 3.8) is 0 Å². The van der Waals surface area contributed by atoms with E-state index in [9.17, 15) is 0 Å². The Bertz CT molecular complexity index is 814. The van der Waals surface area contributed by atoms with Gasteiger partial charge < -0.3 is 18.6 Å².